The molecular formula is C26H21N5OS. The number of benzene rings is 2. The summed E-state index contributed by atoms with van der Waals surface area (Å²) in [5.74, 6) is 1.70. The second kappa shape index (κ2) is 8.41. The van der Waals surface area contributed by atoms with Crippen LogP contribution in [-0.2, 0) is 7.05 Å². The van der Waals surface area contributed by atoms with Crippen LogP contribution in [0.2, 0.25) is 0 Å². The maximum atomic E-state index is 9.02. The summed E-state index contributed by atoms with van der Waals surface area (Å²) in [7, 11) is 1.95. The van der Waals surface area contributed by atoms with Crippen LogP contribution < -0.4 is 10.1 Å². The van der Waals surface area contributed by atoms with Crippen molar-refractivity contribution in [1.82, 2.24) is 14.5 Å². The van der Waals surface area contributed by atoms with Gasteiger partial charge in [-0.15, -0.1) is 0 Å². The molecule has 0 aliphatic heterocycles. The summed E-state index contributed by atoms with van der Waals surface area (Å²) in [5.41, 5.74) is 7.46. The highest BCUT2D eigenvalue weighted by atomic mass is 32.1. The largest absolute Gasteiger partial charge is 0.436 e. The molecule has 3 heterocycles. The lowest BCUT2D eigenvalue weighted by molar-refractivity contribution is 0.459. The number of nitrogens with one attached hydrogen (secondary N) is 1. The topological polar surface area (TPSA) is 75.8 Å². The molecule has 162 valence electrons. The van der Waals surface area contributed by atoms with E-state index < -0.39 is 0 Å². The third kappa shape index (κ3) is 4.04. The predicted octanol–water partition coefficient (Wildman–Crippen LogP) is 6.72. The SMILES string of the molecule is Cc1cc(-c2ccsc2)cc(C)c1Oc1nc(Nc2ccc(C#N)cc2)nc2ccn(C)c12. The van der Waals surface area contributed by atoms with Gasteiger partial charge in [0.05, 0.1) is 17.1 Å². The van der Waals surface area contributed by atoms with Crippen LogP contribution in [0.3, 0.4) is 0 Å². The van der Waals surface area contributed by atoms with Gasteiger partial charge >= 0.3 is 0 Å². The molecule has 0 aliphatic rings. The van der Waals surface area contributed by atoms with E-state index in [2.05, 4.69) is 59.2 Å². The van der Waals surface area contributed by atoms with Gasteiger partial charge in [-0.25, -0.2) is 4.98 Å². The number of anilines is 2. The molecule has 0 saturated carbocycles. The normalized spacial score (nSPS) is 10.8. The lowest BCUT2D eigenvalue weighted by Gasteiger charge is -2.15. The number of ether oxygens (including phenoxy) is 1. The van der Waals surface area contributed by atoms with Crippen LogP contribution >= 0.6 is 11.3 Å². The van der Waals surface area contributed by atoms with Crippen molar-refractivity contribution >= 4 is 34.0 Å². The molecule has 0 atom stereocenters. The summed E-state index contributed by atoms with van der Waals surface area (Å²) in [6.07, 6.45) is 1.94. The smallest absolute Gasteiger partial charge is 0.249 e. The quantitative estimate of drug-likeness (QED) is 0.321. The molecule has 0 unspecified atom stereocenters. The van der Waals surface area contributed by atoms with Gasteiger partial charge in [0.1, 0.15) is 11.3 Å². The molecule has 1 N–H and O–H groups in total. The number of nitriles is 1. The van der Waals surface area contributed by atoms with Crippen molar-refractivity contribution in [3.05, 3.63) is 82.2 Å². The molecule has 0 radical (unpaired) electrons. The van der Waals surface area contributed by atoms with Gasteiger partial charge in [0.15, 0.2) is 0 Å². The van der Waals surface area contributed by atoms with Crippen LogP contribution in [0, 0.1) is 25.2 Å². The highest BCUT2D eigenvalue weighted by Gasteiger charge is 2.16. The Labute approximate surface area is 195 Å². The van der Waals surface area contributed by atoms with Gasteiger partial charge in [0, 0.05) is 18.9 Å². The highest BCUT2D eigenvalue weighted by molar-refractivity contribution is 7.08. The molecule has 5 aromatic rings. The van der Waals surface area contributed by atoms with Crippen molar-refractivity contribution < 1.29 is 4.74 Å². The van der Waals surface area contributed by atoms with Crippen molar-refractivity contribution in [3.63, 3.8) is 0 Å². The number of hydrogen-bond donors (Lipinski definition) is 1. The van der Waals surface area contributed by atoms with E-state index in [-0.39, 0.29) is 0 Å². The van der Waals surface area contributed by atoms with E-state index in [1.807, 2.05) is 36.0 Å². The second-order valence-electron chi connectivity index (χ2n) is 7.88. The molecule has 0 fully saturated rings. The first-order chi connectivity index (χ1) is 16.0. The average Bonchev–Trinajstić information content (AvgIpc) is 3.47. The van der Waals surface area contributed by atoms with Crippen molar-refractivity contribution in [1.29, 1.82) is 5.26 Å². The van der Waals surface area contributed by atoms with Gasteiger partial charge in [-0.05, 0) is 95.4 Å². The van der Waals surface area contributed by atoms with Crippen LogP contribution in [0.25, 0.3) is 22.2 Å². The molecular weight excluding hydrogens is 430 g/mol. The minimum Gasteiger partial charge on any atom is -0.436 e. The summed E-state index contributed by atoms with van der Waals surface area (Å²) in [6.45, 7) is 4.11. The van der Waals surface area contributed by atoms with E-state index in [1.165, 1.54) is 11.1 Å². The van der Waals surface area contributed by atoms with Crippen molar-refractivity contribution in [3.8, 4) is 28.8 Å². The van der Waals surface area contributed by atoms with Crippen molar-refractivity contribution in [2.75, 3.05) is 5.32 Å². The Morgan fingerprint density at radius 1 is 1.00 bits per heavy atom. The fourth-order valence-electron chi connectivity index (χ4n) is 3.84. The first-order valence-electron chi connectivity index (χ1n) is 10.4. The first-order valence-corrected chi connectivity index (χ1v) is 11.4. The lowest BCUT2D eigenvalue weighted by atomic mass is 10.0. The molecule has 6 nitrogen and oxygen atoms in total. The molecule has 0 aliphatic carbocycles. The molecule has 0 spiro atoms. The van der Waals surface area contributed by atoms with E-state index in [4.69, 9.17) is 15.0 Å². The fourth-order valence-corrected chi connectivity index (χ4v) is 4.51. The molecule has 2 aromatic carbocycles. The number of thiophene rings is 1. The van der Waals surface area contributed by atoms with Crippen LogP contribution in [0.4, 0.5) is 11.6 Å². The van der Waals surface area contributed by atoms with Crippen molar-refractivity contribution in [2.24, 2.45) is 7.05 Å². The molecule has 5 rings (SSSR count). The summed E-state index contributed by atoms with van der Waals surface area (Å²) in [6, 6.07) is 17.6. The molecule has 7 heteroatoms. The Kier molecular flexibility index (Phi) is 5.29. The van der Waals surface area contributed by atoms with E-state index in [0.29, 0.717) is 17.4 Å². The number of rotatable bonds is 5. The number of hydrogen-bond acceptors (Lipinski definition) is 6. The Bertz CT molecular complexity index is 1470. The molecule has 3 aromatic heterocycles. The van der Waals surface area contributed by atoms with Gasteiger partial charge in [-0.2, -0.15) is 21.6 Å². The molecule has 0 bridgehead atoms. The van der Waals surface area contributed by atoms with Gasteiger partial charge in [-0.1, -0.05) is 0 Å². The van der Waals surface area contributed by atoms with Crippen LogP contribution in [-0.4, -0.2) is 14.5 Å². The van der Waals surface area contributed by atoms with Crippen LogP contribution in [0.1, 0.15) is 16.7 Å². The zero-order chi connectivity index (χ0) is 22.9. The summed E-state index contributed by atoms with van der Waals surface area (Å²) < 4.78 is 8.39. The highest BCUT2D eigenvalue weighted by Crippen LogP contribution is 2.36. The monoisotopic (exact) mass is 451 g/mol. The molecule has 33 heavy (non-hydrogen) atoms. The van der Waals surface area contributed by atoms with Gasteiger partial charge in [-0.3, -0.25) is 0 Å². The average molecular weight is 452 g/mol. The Hall–Kier alpha value is -4.15. The Morgan fingerprint density at radius 2 is 1.76 bits per heavy atom. The van der Waals surface area contributed by atoms with Crippen LogP contribution in [0.5, 0.6) is 11.6 Å². The zero-order valence-corrected chi connectivity index (χ0v) is 19.3. The Morgan fingerprint density at radius 3 is 2.42 bits per heavy atom. The minimum absolute atomic E-state index is 0.429. The summed E-state index contributed by atoms with van der Waals surface area (Å²) in [4.78, 5) is 9.34. The van der Waals surface area contributed by atoms with E-state index >= 15 is 0 Å². The molecule has 0 saturated heterocycles. The number of aromatic nitrogens is 3. The van der Waals surface area contributed by atoms with Crippen molar-refractivity contribution in [2.45, 2.75) is 13.8 Å². The van der Waals surface area contributed by atoms with Gasteiger partial charge in [0.2, 0.25) is 11.8 Å². The third-order valence-corrected chi connectivity index (χ3v) is 6.15. The van der Waals surface area contributed by atoms with E-state index in [9.17, 15) is 0 Å². The Balaban J connectivity index is 1.53. The third-order valence-electron chi connectivity index (χ3n) is 5.47. The zero-order valence-electron chi connectivity index (χ0n) is 18.5. The van der Waals surface area contributed by atoms with E-state index in [1.54, 1.807) is 23.5 Å². The van der Waals surface area contributed by atoms with Crippen LogP contribution in [0.15, 0.2) is 65.5 Å². The number of aryl methyl sites for hydroxylation is 3. The fraction of sp³-hybridized carbons (Fsp3) is 0.115. The second-order valence-corrected chi connectivity index (χ2v) is 8.66. The molecule has 0 amide bonds. The summed E-state index contributed by atoms with van der Waals surface area (Å²) in [5, 5.41) is 16.5. The number of nitrogens with zero attached hydrogens (tertiary/aromatic N) is 4. The number of fused-ring (bicyclic) bond motifs is 1. The maximum Gasteiger partial charge on any atom is 0.249 e. The van der Waals surface area contributed by atoms with Gasteiger partial charge < -0.3 is 14.6 Å². The van der Waals surface area contributed by atoms with Gasteiger partial charge in [0.25, 0.3) is 0 Å². The van der Waals surface area contributed by atoms with E-state index in [0.717, 1.165) is 33.6 Å². The lowest BCUT2D eigenvalue weighted by Crippen LogP contribution is -2.02. The minimum atomic E-state index is 0.429. The standard InChI is InChI=1S/C26H21N5OS/c1-16-12-20(19-9-11-33-15-19)13-17(2)24(16)32-25-23-22(8-10-31(23)3)29-26(30-25)28-21-6-4-18(14-27)5-7-21/h4-13,15H,1-3H3,(H,28,29,30). The maximum absolute atomic E-state index is 9.02. The first kappa shape index (κ1) is 20.7. The predicted molar refractivity (Wildman–Crippen MR) is 132 cm³/mol. The summed E-state index contributed by atoms with van der Waals surface area (Å²) >= 11 is 1.69.